The van der Waals surface area contributed by atoms with Gasteiger partial charge in [-0.15, -0.1) is 0 Å². The molecule has 0 saturated heterocycles. The molecule has 0 unspecified atom stereocenters. The van der Waals surface area contributed by atoms with E-state index in [-0.39, 0.29) is 45.7 Å². The number of imidazole rings is 2. The molecule has 0 fully saturated rings. The van der Waals surface area contributed by atoms with Gasteiger partial charge in [-0.1, -0.05) is 41.4 Å². The molecule has 4 heterocycles. The summed E-state index contributed by atoms with van der Waals surface area (Å²) in [5.74, 6) is 0. The van der Waals surface area contributed by atoms with Gasteiger partial charge < -0.3 is 28.1 Å². The fourth-order valence-corrected chi connectivity index (χ4v) is 6.29. The number of hydrogen-bond acceptors (Lipinski definition) is 13. The van der Waals surface area contributed by atoms with E-state index >= 15 is 0 Å². The Hall–Kier alpha value is -4.25. The normalized spacial score (nSPS) is 19.6. The van der Waals surface area contributed by atoms with Crippen molar-refractivity contribution in [3.8, 4) is 0 Å². The third-order valence-corrected chi connectivity index (χ3v) is 8.36. The second-order valence-electron chi connectivity index (χ2n) is 13.8. The van der Waals surface area contributed by atoms with Crippen molar-refractivity contribution in [1.82, 2.24) is 43.9 Å². The number of rotatable bonds is 5. The molecule has 0 aromatic carbocycles. The Morgan fingerprint density at radius 2 is 1.21 bits per heavy atom. The van der Waals surface area contributed by atoms with Crippen molar-refractivity contribution in [1.29, 1.82) is 0 Å². The summed E-state index contributed by atoms with van der Waals surface area (Å²) in [4.78, 5) is 62.7. The molecule has 16 nitrogen and oxygen atoms in total. The van der Waals surface area contributed by atoms with E-state index in [1.54, 1.807) is 77.8 Å². The largest absolute Gasteiger partial charge is 0.508 e. The third kappa shape index (κ3) is 9.85. The quantitative estimate of drug-likeness (QED) is 0.0618. The monoisotopic (exact) mass is 811 g/mol. The molecule has 0 bridgehead atoms. The van der Waals surface area contributed by atoms with Crippen molar-refractivity contribution in [3.05, 3.63) is 57.8 Å². The van der Waals surface area contributed by atoms with Crippen LogP contribution in [0, 0.1) is 0 Å². The van der Waals surface area contributed by atoms with E-state index in [0.29, 0.717) is 35.2 Å². The first-order valence-electron chi connectivity index (χ1n) is 16.4. The number of imide groups is 1. The summed E-state index contributed by atoms with van der Waals surface area (Å²) in [6.45, 7) is 12.4. The Balaban J connectivity index is 0.000000216. The van der Waals surface area contributed by atoms with Crippen molar-refractivity contribution in [2.45, 2.75) is 96.7 Å². The highest BCUT2D eigenvalue weighted by atomic mass is 35.5. The highest BCUT2D eigenvalue weighted by Crippen LogP contribution is 2.33. The van der Waals surface area contributed by atoms with Gasteiger partial charge in [0.15, 0.2) is 21.6 Å². The zero-order valence-electron chi connectivity index (χ0n) is 29.8. The number of aromatic nitrogens is 8. The molecule has 0 radical (unpaired) electrons. The minimum absolute atomic E-state index is 0.00177. The fraction of sp³-hybridized carbons (Fsp3) is 0.485. The van der Waals surface area contributed by atoms with Crippen molar-refractivity contribution in [3.63, 3.8) is 0 Å². The first-order chi connectivity index (χ1) is 24.8. The van der Waals surface area contributed by atoms with Crippen molar-refractivity contribution in [2.75, 3.05) is 6.61 Å². The number of fused-ring (bicyclic) bond motifs is 2. The Kier molecular flexibility index (Phi) is 12.1. The number of ether oxygens (including phenoxy) is 4. The molecular weight excluding hydrogens is 776 g/mol. The van der Waals surface area contributed by atoms with E-state index in [2.05, 4.69) is 29.9 Å². The van der Waals surface area contributed by atoms with Gasteiger partial charge in [-0.25, -0.2) is 39.2 Å². The Morgan fingerprint density at radius 1 is 0.736 bits per heavy atom. The summed E-state index contributed by atoms with van der Waals surface area (Å²) in [7, 11) is 0. The van der Waals surface area contributed by atoms with Crippen LogP contribution in [0.2, 0.25) is 20.9 Å². The molecule has 0 spiro atoms. The van der Waals surface area contributed by atoms with Gasteiger partial charge in [-0.05, 0) is 84.2 Å². The van der Waals surface area contributed by atoms with Crippen LogP contribution in [0.15, 0.2) is 37.0 Å². The van der Waals surface area contributed by atoms with Crippen LogP contribution in [-0.4, -0.2) is 92.2 Å². The van der Waals surface area contributed by atoms with Crippen molar-refractivity contribution >= 4 is 87.1 Å². The number of amides is 2. The van der Waals surface area contributed by atoms with Crippen LogP contribution in [-0.2, 0) is 18.9 Å². The number of nitrogens with zero attached hydrogens (tertiary/aromatic N) is 9. The molecule has 2 amide bonds. The van der Waals surface area contributed by atoms with Crippen molar-refractivity contribution in [2.24, 2.45) is 0 Å². The molecule has 4 atom stereocenters. The average molecular weight is 814 g/mol. The van der Waals surface area contributed by atoms with Crippen LogP contribution in [0.5, 0.6) is 0 Å². The van der Waals surface area contributed by atoms with Crippen LogP contribution >= 0.6 is 46.4 Å². The average Bonchev–Trinajstić information content (AvgIpc) is 3.82. The number of halogens is 4. The van der Waals surface area contributed by atoms with Gasteiger partial charge in [0, 0.05) is 6.42 Å². The molecular formula is C33H37Cl4N9O7. The lowest BCUT2D eigenvalue weighted by Crippen LogP contribution is -2.48. The first kappa shape index (κ1) is 39.9. The molecule has 284 valence electrons. The number of carbonyl (C=O) groups excluding carboxylic acids is 3. The molecule has 53 heavy (non-hydrogen) atoms. The van der Waals surface area contributed by atoms with Crippen LogP contribution in [0.4, 0.5) is 14.4 Å². The van der Waals surface area contributed by atoms with E-state index in [1.807, 2.05) is 16.7 Å². The maximum Gasteiger partial charge on any atom is 0.508 e. The lowest BCUT2D eigenvalue weighted by atomic mass is 10.2. The van der Waals surface area contributed by atoms with E-state index in [0.717, 1.165) is 4.90 Å². The lowest BCUT2D eigenvalue weighted by Gasteiger charge is -2.31. The molecule has 2 aliphatic carbocycles. The maximum absolute atomic E-state index is 12.9. The Labute approximate surface area is 324 Å². The van der Waals surface area contributed by atoms with Gasteiger partial charge in [0.05, 0.1) is 37.4 Å². The van der Waals surface area contributed by atoms with Crippen LogP contribution < -0.4 is 0 Å². The lowest BCUT2D eigenvalue weighted by molar-refractivity contribution is -0.00407. The molecule has 0 aliphatic heterocycles. The second-order valence-corrected chi connectivity index (χ2v) is 15.2. The molecule has 4 aromatic rings. The molecule has 6 rings (SSSR count). The summed E-state index contributed by atoms with van der Waals surface area (Å²) < 4.78 is 24.4. The Morgan fingerprint density at radius 3 is 1.68 bits per heavy atom. The minimum Gasteiger partial charge on any atom is -0.443 e. The first-order valence-corrected chi connectivity index (χ1v) is 17.9. The minimum atomic E-state index is -0.777. The molecule has 0 saturated carbocycles. The van der Waals surface area contributed by atoms with Gasteiger partial charge in [0.1, 0.15) is 28.3 Å². The summed E-state index contributed by atoms with van der Waals surface area (Å²) in [5.41, 5.74) is 0.347. The van der Waals surface area contributed by atoms with Crippen molar-refractivity contribution < 1.29 is 33.3 Å². The van der Waals surface area contributed by atoms with E-state index in [9.17, 15) is 14.4 Å². The van der Waals surface area contributed by atoms with E-state index in [1.165, 1.54) is 0 Å². The number of hydrogen-bond donors (Lipinski definition) is 0. The topological polar surface area (TPSA) is 179 Å². The number of allylic oxidation sites excluding steroid dienone is 2. The maximum atomic E-state index is 12.9. The highest BCUT2D eigenvalue weighted by molar-refractivity contribution is 6.35. The Bertz CT molecular complexity index is 2040. The molecule has 2 aliphatic rings. The summed E-state index contributed by atoms with van der Waals surface area (Å²) >= 11 is 23.9. The summed E-state index contributed by atoms with van der Waals surface area (Å²) in [5, 5.41) is 0.411. The van der Waals surface area contributed by atoms with E-state index in [4.69, 9.17) is 65.4 Å². The van der Waals surface area contributed by atoms with Gasteiger partial charge in [0.25, 0.3) is 0 Å². The molecule has 0 N–H and O–H groups in total. The predicted molar refractivity (Wildman–Crippen MR) is 196 cm³/mol. The molecule has 4 aromatic heterocycles. The molecule has 20 heteroatoms. The van der Waals surface area contributed by atoms with Crippen LogP contribution in [0.25, 0.3) is 22.3 Å². The predicted octanol–water partition coefficient (Wildman–Crippen LogP) is 8.35. The fourth-order valence-electron chi connectivity index (χ4n) is 5.44. The van der Waals surface area contributed by atoms with Gasteiger partial charge in [-0.2, -0.15) is 9.97 Å². The van der Waals surface area contributed by atoms with Gasteiger partial charge >= 0.3 is 18.3 Å². The van der Waals surface area contributed by atoms with Gasteiger partial charge in [-0.3, -0.25) is 0 Å². The van der Waals surface area contributed by atoms with Crippen LogP contribution in [0.3, 0.4) is 0 Å². The third-order valence-electron chi connectivity index (χ3n) is 7.50. The van der Waals surface area contributed by atoms with Crippen LogP contribution in [0.1, 0.15) is 73.4 Å². The second kappa shape index (κ2) is 16.0. The summed E-state index contributed by atoms with van der Waals surface area (Å²) in [6.07, 6.45) is 8.87. The highest BCUT2D eigenvalue weighted by Gasteiger charge is 2.39. The zero-order valence-corrected chi connectivity index (χ0v) is 32.8. The standard InChI is InChI=1S/C20H25Cl2N5O4.C13H12Cl2N4O3/c1-19(2,3)30-17(28)27(18(29)31-20(4,5)6)12-8-7-11(9-12)26-10-23-13-14(21)24-16(22)25-15(13)26;1-2-21-13(20)22-8-4-3-7(5-8)19-6-16-9-10(14)17-12(15)18-11(9)19/h7-8,10-12H,9H2,1-6H3;3-4,6-8H,2,5H2,1H3/t11-,12+;7-,8+/m00/s1. The zero-order chi connectivity index (χ0) is 38.8. The van der Waals surface area contributed by atoms with E-state index < -0.39 is 35.6 Å². The number of carbonyl (C=O) groups is 3. The smallest absolute Gasteiger partial charge is 0.443 e. The van der Waals surface area contributed by atoms with Gasteiger partial charge in [0.2, 0.25) is 10.6 Å². The SMILES string of the molecule is CC(C)(C)OC(=O)N(C(=O)OC(C)(C)C)[C@@H]1C=C[C@H](n2cnc3c(Cl)nc(Cl)nc32)C1.CCOC(=O)O[C@@H]1C=C[C@H](n2cnc3c(Cl)nc(Cl)nc32)C1. The summed E-state index contributed by atoms with van der Waals surface area (Å²) in [6, 6.07) is -0.893.